The van der Waals surface area contributed by atoms with E-state index in [-0.39, 0.29) is 25.0 Å². The molecular weight excluding hydrogens is 302 g/mol. The topological polar surface area (TPSA) is 61.4 Å². The van der Waals surface area contributed by atoms with Crippen LogP contribution in [0.5, 0.6) is 0 Å². The van der Waals surface area contributed by atoms with Crippen LogP contribution in [0.25, 0.3) is 0 Å². The number of fused-ring (bicyclic) bond motifs is 1. The van der Waals surface area contributed by atoms with Crippen molar-refractivity contribution in [2.45, 2.75) is 12.8 Å². The lowest BCUT2D eigenvalue weighted by Gasteiger charge is -2.10. The molecule has 0 unspecified atom stereocenters. The average molecular weight is 318 g/mol. The van der Waals surface area contributed by atoms with Crippen LogP contribution in [0.3, 0.4) is 0 Å². The van der Waals surface area contributed by atoms with E-state index < -0.39 is 0 Å². The predicted molar refractivity (Wildman–Crippen MR) is 83.7 cm³/mol. The molecule has 2 heterocycles. The van der Waals surface area contributed by atoms with Gasteiger partial charge in [0.15, 0.2) is 0 Å². The van der Waals surface area contributed by atoms with Crippen molar-refractivity contribution in [1.29, 1.82) is 0 Å². The van der Waals surface area contributed by atoms with E-state index in [1.807, 2.05) is 12.1 Å². The van der Waals surface area contributed by atoms with Crippen LogP contribution in [-0.4, -0.2) is 43.0 Å². The molecular formula is C16H16ClN3O2. The maximum Gasteiger partial charge on any atom is 0.325 e. The van der Waals surface area contributed by atoms with Gasteiger partial charge in [0.25, 0.3) is 5.91 Å². The number of urea groups is 1. The Kier molecular flexibility index (Phi) is 4.32. The fourth-order valence-electron chi connectivity index (χ4n) is 2.70. The molecule has 2 aliphatic rings. The Morgan fingerprint density at radius 2 is 2.05 bits per heavy atom. The maximum absolute atomic E-state index is 11.5. The van der Waals surface area contributed by atoms with Crippen molar-refractivity contribution in [3.8, 4) is 11.8 Å². The van der Waals surface area contributed by atoms with Crippen molar-refractivity contribution in [2.24, 2.45) is 0 Å². The number of hydrogen-bond donors (Lipinski definition) is 2. The maximum atomic E-state index is 11.5. The van der Waals surface area contributed by atoms with Gasteiger partial charge in [-0.2, -0.15) is 0 Å². The van der Waals surface area contributed by atoms with Crippen molar-refractivity contribution >= 4 is 23.5 Å². The molecule has 0 saturated carbocycles. The highest BCUT2D eigenvalue weighted by Gasteiger charge is 2.27. The summed E-state index contributed by atoms with van der Waals surface area (Å²) >= 11 is 6.28. The number of nitrogens with one attached hydrogen (secondary N) is 2. The van der Waals surface area contributed by atoms with Gasteiger partial charge in [-0.05, 0) is 43.1 Å². The van der Waals surface area contributed by atoms with Crippen molar-refractivity contribution in [3.63, 3.8) is 0 Å². The number of carbonyl (C=O) groups is 2. The van der Waals surface area contributed by atoms with Gasteiger partial charge in [-0.3, -0.25) is 9.69 Å². The van der Waals surface area contributed by atoms with Gasteiger partial charge in [0, 0.05) is 5.56 Å². The molecule has 2 aliphatic heterocycles. The molecule has 1 fully saturated rings. The fraction of sp³-hybridized carbons (Fsp3) is 0.375. The third-order valence-corrected chi connectivity index (χ3v) is 4.18. The van der Waals surface area contributed by atoms with E-state index in [1.54, 1.807) is 0 Å². The molecule has 0 aromatic heterocycles. The van der Waals surface area contributed by atoms with E-state index in [9.17, 15) is 9.59 Å². The zero-order chi connectivity index (χ0) is 15.5. The summed E-state index contributed by atoms with van der Waals surface area (Å²) in [5.41, 5.74) is 3.24. The average Bonchev–Trinajstić information content (AvgIpc) is 2.71. The van der Waals surface area contributed by atoms with Crippen LogP contribution in [0.15, 0.2) is 12.1 Å². The van der Waals surface area contributed by atoms with E-state index >= 15 is 0 Å². The number of carbonyl (C=O) groups excluding carboxylic acids is 2. The molecule has 1 aromatic rings. The standard InChI is InChI=1S/C16H16ClN3O2/c17-14-4-3-11-5-7-18-8-6-12(11)13(14)2-1-9-20-15(21)10-19-16(20)22/h3-4,18H,5-10H2,(H,19,22). The second-order valence-corrected chi connectivity index (χ2v) is 5.66. The Hall–Kier alpha value is -2.03. The van der Waals surface area contributed by atoms with Gasteiger partial charge in [0.1, 0.15) is 0 Å². The third-order valence-electron chi connectivity index (χ3n) is 3.87. The molecule has 0 radical (unpaired) electrons. The van der Waals surface area contributed by atoms with E-state index in [2.05, 4.69) is 22.5 Å². The third kappa shape index (κ3) is 2.94. The summed E-state index contributed by atoms with van der Waals surface area (Å²) in [7, 11) is 0. The number of halogens is 1. The number of amides is 3. The van der Waals surface area contributed by atoms with Crippen LogP contribution in [0, 0.1) is 11.8 Å². The quantitative estimate of drug-likeness (QED) is 0.598. The summed E-state index contributed by atoms with van der Waals surface area (Å²) in [6.07, 6.45) is 1.83. The molecule has 2 N–H and O–H groups in total. The summed E-state index contributed by atoms with van der Waals surface area (Å²) in [4.78, 5) is 24.1. The Morgan fingerprint density at radius 1 is 1.23 bits per heavy atom. The minimum atomic E-state index is -0.388. The summed E-state index contributed by atoms with van der Waals surface area (Å²) in [5, 5.41) is 6.45. The monoisotopic (exact) mass is 317 g/mol. The largest absolute Gasteiger partial charge is 0.329 e. The van der Waals surface area contributed by atoms with Crippen LogP contribution in [0.1, 0.15) is 16.7 Å². The molecule has 3 rings (SSSR count). The Balaban J connectivity index is 1.85. The second-order valence-electron chi connectivity index (χ2n) is 5.25. The van der Waals surface area contributed by atoms with Crippen molar-refractivity contribution < 1.29 is 9.59 Å². The Labute approximate surface area is 134 Å². The zero-order valence-electron chi connectivity index (χ0n) is 12.0. The lowest BCUT2D eigenvalue weighted by Crippen LogP contribution is -2.31. The van der Waals surface area contributed by atoms with Gasteiger partial charge in [0.2, 0.25) is 0 Å². The van der Waals surface area contributed by atoms with Gasteiger partial charge in [-0.1, -0.05) is 29.5 Å². The summed E-state index contributed by atoms with van der Waals surface area (Å²) in [6, 6.07) is 3.53. The van der Waals surface area contributed by atoms with Gasteiger partial charge in [-0.25, -0.2) is 4.79 Å². The molecule has 0 atom stereocenters. The predicted octanol–water partition coefficient (Wildman–Crippen LogP) is 0.932. The van der Waals surface area contributed by atoms with Crippen LogP contribution < -0.4 is 10.6 Å². The van der Waals surface area contributed by atoms with Crippen LogP contribution in [-0.2, 0) is 17.6 Å². The van der Waals surface area contributed by atoms with Crippen LogP contribution >= 0.6 is 11.6 Å². The van der Waals surface area contributed by atoms with Crippen LogP contribution in [0.2, 0.25) is 5.02 Å². The smallest absolute Gasteiger partial charge is 0.325 e. The normalized spacial score (nSPS) is 17.4. The molecule has 0 aliphatic carbocycles. The summed E-state index contributed by atoms with van der Waals surface area (Å²) in [5.74, 6) is 5.71. The van der Waals surface area contributed by atoms with Gasteiger partial charge in [-0.15, -0.1) is 0 Å². The molecule has 3 amide bonds. The lowest BCUT2D eigenvalue weighted by molar-refractivity contribution is -0.124. The lowest BCUT2D eigenvalue weighted by atomic mass is 9.97. The second kappa shape index (κ2) is 6.39. The molecule has 1 saturated heterocycles. The summed E-state index contributed by atoms with van der Waals surface area (Å²) < 4.78 is 0. The van der Waals surface area contributed by atoms with E-state index in [1.165, 1.54) is 11.1 Å². The number of hydrogen-bond acceptors (Lipinski definition) is 3. The van der Waals surface area contributed by atoms with E-state index in [0.717, 1.165) is 36.4 Å². The van der Waals surface area contributed by atoms with Gasteiger partial charge in [0.05, 0.1) is 18.1 Å². The zero-order valence-corrected chi connectivity index (χ0v) is 12.8. The SMILES string of the molecule is O=C1CNC(=O)N1CC#Cc1c(Cl)ccc2c1CCNCC2. The first-order chi connectivity index (χ1) is 10.7. The van der Waals surface area contributed by atoms with Crippen molar-refractivity contribution in [1.82, 2.24) is 15.5 Å². The highest BCUT2D eigenvalue weighted by molar-refractivity contribution is 6.31. The van der Waals surface area contributed by atoms with E-state index in [4.69, 9.17) is 11.6 Å². The molecule has 0 spiro atoms. The highest BCUT2D eigenvalue weighted by atomic mass is 35.5. The molecule has 6 heteroatoms. The first kappa shape index (κ1) is 14.9. The molecule has 1 aromatic carbocycles. The summed E-state index contributed by atoms with van der Waals surface area (Å²) in [6.45, 7) is 1.98. The number of rotatable bonds is 1. The molecule has 5 nitrogen and oxygen atoms in total. The van der Waals surface area contributed by atoms with Crippen LogP contribution in [0.4, 0.5) is 4.79 Å². The first-order valence-electron chi connectivity index (χ1n) is 7.25. The number of benzene rings is 1. The molecule has 22 heavy (non-hydrogen) atoms. The Bertz CT molecular complexity index is 675. The minimum absolute atomic E-state index is 0.0493. The number of imide groups is 1. The fourth-order valence-corrected chi connectivity index (χ4v) is 2.93. The van der Waals surface area contributed by atoms with Gasteiger partial charge < -0.3 is 10.6 Å². The van der Waals surface area contributed by atoms with Crippen molar-refractivity contribution in [2.75, 3.05) is 26.2 Å². The van der Waals surface area contributed by atoms with Crippen molar-refractivity contribution in [3.05, 3.63) is 33.8 Å². The number of nitrogens with zero attached hydrogens (tertiary/aromatic N) is 1. The van der Waals surface area contributed by atoms with E-state index in [0.29, 0.717) is 5.02 Å². The Morgan fingerprint density at radius 3 is 2.82 bits per heavy atom. The minimum Gasteiger partial charge on any atom is -0.329 e. The van der Waals surface area contributed by atoms with Gasteiger partial charge >= 0.3 is 6.03 Å². The first-order valence-corrected chi connectivity index (χ1v) is 7.62. The molecule has 0 bridgehead atoms. The molecule has 114 valence electrons. The highest BCUT2D eigenvalue weighted by Crippen LogP contribution is 2.24.